The van der Waals surface area contributed by atoms with E-state index in [4.69, 9.17) is 5.73 Å². The molecule has 0 fully saturated rings. The van der Waals surface area contributed by atoms with E-state index >= 15 is 0 Å². The van der Waals surface area contributed by atoms with E-state index in [1.165, 1.54) is 6.21 Å². The smallest absolute Gasteiger partial charge is 0.332 e. The topological polar surface area (TPSA) is 67.5 Å². The number of carbonyl (C=O) groups is 1. The Labute approximate surface area is 76.4 Å². The molecule has 0 aromatic heterocycles. The lowest BCUT2D eigenvalue weighted by Crippen LogP contribution is -2.24. The SMILES string of the molecule is Cc1cccc(/C=N\NC(N)=O)c1. The van der Waals surface area contributed by atoms with Gasteiger partial charge in [0.15, 0.2) is 0 Å². The van der Waals surface area contributed by atoms with E-state index in [-0.39, 0.29) is 0 Å². The number of nitrogens with one attached hydrogen (secondary N) is 1. The van der Waals surface area contributed by atoms with Crippen molar-refractivity contribution in [1.29, 1.82) is 0 Å². The molecule has 4 nitrogen and oxygen atoms in total. The summed E-state index contributed by atoms with van der Waals surface area (Å²) in [7, 11) is 0. The van der Waals surface area contributed by atoms with Gasteiger partial charge in [0.1, 0.15) is 0 Å². The standard InChI is InChI=1S/C9H11N3O/c1-7-3-2-4-8(5-7)6-11-12-9(10)13/h2-6H,1H3,(H3,10,12,13)/b11-6-. The zero-order valence-corrected chi connectivity index (χ0v) is 7.32. The summed E-state index contributed by atoms with van der Waals surface area (Å²) in [5, 5.41) is 3.63. The fraction of sp³-hybridized carbons (Fsp3) is 0.111. The van der Waals surface area contributed by atoms with Gasteiger partial charge in [-0.3, -0.25) is 0 Å². The van der Waals surface area contributed by atoms with Crippen LogP contribution in [0.5, 0.6) is 0 Å². The Bertz CT molecular complexity index is 333. The monoisotopic (exact) mass is 177 g/mol. The molecule has 1 aromatic carbocycles. The molecule has 0 unspecified atom stereocenters. The van der Waals surface area contributed by atoms with Gasteiger partial charge < -0.3 is 5.73 Å². The Balaban J connectivity index is 2.63. The first-order valence-corrected chi connectivity index (χ1v) is 3.83. The average molecular weight is 177 g/mol. The predicted molar refractivity (Wildman–Crippen MR) is 51.5 cm³/mol. The van der Waals surface area contributed by atoms with Crippen molar-refractivity contribution in [2.75, 3.05) is 0 Å². The molecule has 0 aliphatic heterocycles. The highest BCUT2D eigenvalue weighted by Gasteiger charge is 1.88. The molecule has 0 aliphatic carbocycles. The van der Waals surface area contributed by atoms with Crippen LogP contribution >= 0.6 is 0 Å². The van der Waals surface area contributed by atoms with E-state index in [0.29, 0.717) is 0 Å². The molecule has 0 atom stereocenters. The minimum Gasteiger partial charge on any atom is -0.350 e. The summed E-state index contributed by atoms with van der Waals surface area (Å²) in [6, 6.07) is 7.08. The molecule has 1 rings (SSSR count). The van der Waals surface area contributed by atoms with Crippen molar-refractivity contribution >= 4 is 12.2 Å². The number of hydrogen-bond acceptors (Lipinski definition) is 2. The summed E-state index contributed by atoms with van der Waals surface area (Å²) in [5.74, 6) is 0. The molecule has 0 aliphatic rings. The van der Waals surface area contributed by atoms with E-state index in [0.717, 1.165) is 11.1 Å². The van der Waals surface area contributed by atoms with Crippen LogP contribution in [0.2, 0.25) is 0 Å². The number of nitrogens with two attached hydrogens (primary N) is 1. The Hall–Kier alpha value is -1.84. The minimum absolute atomic E-state index is 0.663. The van der Waals surface area contributed by atoms with Crippen LogP contribution < -0.4 is 11.2 Å². The van der Waals surface area contributed by atoms with Crippen LogP contribution in [0.1, 0.15) is 11.1 Å². The molecule has 0 heterocycles. The lowest BCUT2D eigenvalue weighted by Gasteiger charge is -1.94. The van der Waals surface area contributed by atoms with Gasteiger partial charge in [0.2, 0.25) is 0 Å². The first kappa shape index (κ1) is 9.25. The van der Waals surface area contributed by atoms with Gasteiger partial charge in [-0.15, -0.1) is 0 Å². The largest absolute Gasteiger partial charge is 0.350 e. The molecule has 0 spiro atoms. The second kappa shape index (κ2) is 4.25. The summed E-state index contributed by atoms with van der Waals surface area (Å²) >= 11 is 0. The molecule has 0 bridgehead atoms. The van der Waals surface area contributed by atoms with Crippen LogP contribution in [0, 0.1) is 6.92 Å². The summed E-state index contributed by atoms with van der Waals surface area (Å²) in [4.78, 5) is 10.3. The van der Waals surface area contributed by atoms with Crippen LogP contribution in [0.25, 0.3) is 0 Å². The van der Waals surface area contributed by atoms with Gasteiger partial charge in [-0.2, -0.15) is 5.10 Å². The van der Waals surface area contributed by atoms with E-state index in [1.54, 1.807) is 0 Å². The molecular weight excluding hydrogens is 166 g/mol. The summed E-state index contributed by atoms with van der Waals surface area (Å²) in [6.45, 7) is 1.98. The maximum Gasteiger partial charge on any atom is 0.332 e. The minimum atomic E-state index is -0.663. The van der Waals surface area contributed by atoms with Crippen LogP contribution in [0.15, 0.2) is 29.4 Å². The molecule has 0 saturated heterocycles. The van der Waals surface area contributed by atoms with Crippen LogP contribution in [0.4, 0.5) is 4.79 Å². The number of nitrogens with zero attached hydrogens (tertiary/aromatic N) is 1. The number of benzene rings is 1. The van der Waals surface area contributed by atoms with Crippen molar-refractivity contribution in [3.63, 3.8) is 0 Å². The first-order valence-electron chi connectivity index (χ1n) is 3.83. The van der Waals surface area contributed by atoms with Gasteiger partial charge in [0.05, 0.1) is 6.21 Å². The Morgan fingerprint density at radius 2 is 2.38 bits per heavy atom. The Morgan fingerprint density at radius 1 is 1.62 bits per heavy atom. The summed E-state index contributed by atoms with van der Waals surface area (Å²) < 4.78 is 0. The fourth-order valence-corrected chi connectivity index (χ4v) is 0.921. The molecular formula is C9H11N3O. The first-order chi connectivity index (χ1) is 6.18. The molecule has 68 valence electrons. The van der Waals surface area contributed by atoms with E-state index in [1.807, 2.05) is 31.2 Å². The van der Waals surface area contributed by atoms with Gasteiger partial charge in [-0.25, -0.2) is 10.2 Å². The number of primary amides is 1. The zero-order valence-electron chi connectivity index (χ0n) is 7.32. The van der Waals surface area contributed by atoms with Crippen molar-refractivity contribution in [2.45, 2.75) is 6.92 Å². The quantitative estimate of drug-likeness (QED) is 0.513. The normalized spacial score (nSPS) is 10.2. The molecule has 13 heavy (non-hydrogen) atoms. The molecule has 0 saturated carbocycles. The molecule has 0 radical (unpaired) electrons. The maximum absolute atomic E-state index is 10.3. The lowest BCUT2D eigenvalue weighted by molar-refractivity contribution is 0.249. The molecule has 4 heteroatoms. The lowest BCUT2D eigenvalue weighted by atomic mass is 10.2. The third-order valence-corrected chi connectivity index (χ3v) is 1.43. The molecule has 3 N–H and O–H groups in total. The van der Waals surface area contributed by atoms with Crippen LogP contribution in [-0.4, -0.2) is 12.2 Å². The van der Waals surface area contributed by atoms with Crippen molar-refractivity contribution in [1.82, 2.24) is 5.43 Å². The maximum atomic E-state index is 10.3. The third kappa shape index (κ3) is 3.37. The van der Waals surface area contributed by atoms with Gasteiger partial charge in [-0.1, -0.05) is 29.8 Å². The van der Waals surface area contributed by atoms with Gasteiger partial charge in [0, 0.05) is 0 Å². The van der Waals surface area contributed by atoms with Crippen molar-refractivity contribution < 1.29 is 4.79 Å². The third-order valence-electron chi connectivity index (χ3n) is 1.43. The average Bonchev–Trinajstić information content (AvgIpc) is 2.03. The number of urea groups is 1. The molecule has 2 amide bonds. The second-order valence-electron chi connectivity index (χ2n) is 2.65. The van der Waals surface area contributed by atoms with Gasteiger partial charge in [0.25, 0.3) is 0 Å². The number of rotatable bonds is 2. The summed E-state index contributed by atoms with van der Waals surface area (Å²) in [6.07, 6.45) is 1.54. The number of amides is 2. The zero-order chi connectivity index (χ0) is 9.68. The van der Waals surface area contributed by atoms with E-state index in [2.05, 4.69) is 10.5 Å². The van der Waals surface area contributed by atoms with E-state index in [9.17, 15) is 4.79 Å². The van der Waals surface area contributed by atoms with Crippen LogP contribution in [0.3, 0.4) is 0 Å². The second-order valence-corrected chi connectivity index (χ2v) is 2.65. The number of hydrazone groups is 1. The van der Waals surface area contributed by atoms with Crippen molar-refractivity contribution in [3.8, 4) is 0 Å². The Morgan fingerprint density at radius 3 is 3.00 bits per heavy atom. The number of aryl methyl sites for hydroxylation is 1. The van der Waals surface area contributed by atoms with Crippen molar-refractivity contribution in [3.05, 3.63) is 35.4 Å². The number of carbonyl (C=O) groups excluding carboxylic acids is 1. The molecule has 1 aromatic rings. The predicted octanol–water partition coefficient (Wildman–Crippen LogP) is 0.997. The van der Waals surface area contributed by atoms with E-state index < -0.39 is 6.03 Å². The Kier molecular flexibility index (Phi) is 3.03. The van der Waals surface area contributed by atoms with Gasteiger partial charge >= 0.3 is 6.03 Å². The van der Waals surface area contributed by atoms with Crippen molar-refractivity contribution in [2.24, 2.45) is 10.8 Å². The number of hydrogen-bond donors (Lipinski definition) is 2. The highest BCUT2D eigenvalue weighted by atomic mass is 16.2. The highest BCUT2D eigenvalue weighted by molar-refractivity contribution is 5.81. The highest BCUT2D eigenvalue weighted by Crippen LogP contribution is 2.00. The fourth-order valence-electron chi connectivity index (χ4n) is 0.921. The summed E-state index contributed by atoms with van der Waals surface area (Å²) in [5.41, 5.74) is 9.01. The van der Waals surface area contributed by atoms with Crippen LogP contribution in [-0.2, 0) is 0 Å². The van der Waals surface area contributed by atoms with Gasteiger partial charge in [-0.05, 0) is 12.5 Å².